The molecule has 2 atom stereocenters. The highest BCUT2D eigenvalue weighted by atomic mass is 16.5. The summed E-state index contributed by atoms with van der Waals surface area (Å²) in [4.78, 5) is 38.1. The van der Waals surface area contributed by atoms with E-state index in [0.717, 1.165) is 22.3 Å². The largest absolute Gasteiger partial charge is 0.480 e. The van der Waals surface area contributed by atoms with Gasteiger partial charge in [0, 0.05) is 12.5 Å². The minimum Gasteiger partial charge on any atom is -0.480 e. The maximum absolute atomic E-state index is 12.6. The highest BCUT2D eigenvalue weighted by molar-refractivity contribution is 5.89. The van der Waals surface area contributed by atoms with Crippen LogP contribution in [-0.4, -0.2) is 67.3 Å². The Morgan fingerprint density at radius 2 is 1.53 bits per heavy atom. The first-order valence-corrected chi connectivity index (χ1v) is 10.6. The number of carbonyl (C=O) groups excluding carboxylic acids is 2. The summed E-state index contributed by atoms with van der Waals surface area (Å²) >= 11 is 0. The Morgan fingerprint density at radius 1 is 0.969 bits per heavy atom. The van der Waals surface area contributed by atoms with Crippen molar-refractivity contribution in [3.05, 3.63) is 59.7 Å². The number of nitrogens with one attached hydrogen (secondary N) is 2. The molecule has 0 fully saturated rings. The molecule has 1 aliphatic rings. The summed E-state index contributed by atoms with van der Waals surface area (Å²) in [6, 6.07) is 14.1. The molecule has 0 aliphatic heterocycles. The van der Waals surface area contributed by atoms with Crippen LogP contribution in [0.5, 0.6) is 0 Å². The van der Waals surface area contributed by atoms with Gasteiger partial charge in [0.15, 0.2) is 0 Å². The van der Waals surface area contributed by atoms with E-state index < -0.39 is 30.1 Å². The molecule has 0 saturated heterocycles. The number of fused-ring (bicyclic) bond motifs is 3. The highest BCUT2D eigenvalue weighted by Crippen LogP contribution is 2.44. The van der Waals surface area contributed by atoms with Gasteiger partial charge in [-0.15, -0.1) is 0 Å². The number of likely N-dealkylation sites (N-methyl/N-ethyl adjacent to an activating group) is 1. The summed E-state index contributed by atoms with van der Waals surface area (Å²) in [5.41, 5.74) is 4.44. The highest BCUT2D eigenvalue weighted by Gasteiger charge is 2.30. The number of carboxylic acids is 1. The molecule has 1 unspecified atom stereocenters. The molecule has 0 heterocycles. The van der Waals surface area contributed by atoms with Crippen molar-refractivity contribution in [2.45, 2.75) is 31.3 Å². The van der Waals surface area contributed by atoms with Crippen LogP contribution in [0.1, 0.15) is 30.4 Å². The first-order valence-electron chi connectivity index (χ1n) is 10.6. The molecule has 0 radical (unpaired) electrons. The number of rotatable bonds is 9. The third-order valence-electron chi connectivity index (χ3n) is 5.52. The van der Waals surface area contributed by atoms with Crippen LogP contribution in [-0.2, 0) is 14.3 Å². The topological polar surface area (TPSA) is 108 Å². The number of carbonyl (C=O) groups is 3. The molecule has 8 heteroatoms. The maximum Gasteiger partial charge on any atom is 0.407 e. The lowest BCUT2D eigenvalue weighted by Crippen LogP contribution is -2.55. The Balaban J connectivity index is 1.67. The average Bonchev–Trinajstić information content (AvgIpc) is 3.08. The van der Waals surface area contributed by atoms with Gasteiger partial charge in [-0.25, -0.2) is 9.59 Å². The van der Waals surface area contributed by atoms with Gasteiger partial charge in [0.25, 0.3) is 0 Å². The second-order valence-corrected chi connectivity index (χ2v) is 8.09. The Labute approximate surface area is 187 Å². The molecule has 8 nitrogen and oxygen atoms in total. The van der Waals surface area contributed by atoms with E-state index in [-0.39, 0.29) is 25.5 Å². The summed E-state index contributed by atoms with van der Waals surface area (Å²) < 4.78 is 5.52. The van der Waals surface area contributed by atoms with Gasteiger partial charge in [-0.1, -0.05) is 55.5 Å². The number of hydrogen-bond donors (Lipinski definition) is 3. The molecular weight excluding hydrogens is 410 g/mol. The second kappa shape index (κ2) is 10.3. The van der Waals surface area contributed by atoms with Crippen molar-refractivity contribution in [3.8, 4) is 11.1 Å². The predicted molar refractivity (Wildman–Crippen MR) is 120 cm³/mol. The SMILES string of the molecule is CC[C@H](NC(=O)C(CN(C)C)NC(=O)OCC1c2ccccc2-c2ccccc21)C(=O)O. The molecular formula is C24H29N3O5. The fraction of sp³-hybridized carbons (Fsp3) is 0.375. The average molecular weight is 440 g/mol. The minimum absolute atomic E-state index is 0.0919. The van der Waals surface area contributed by atoms with Crippen molar-refractivity contribution in [3.63, 3.8) is 0 Å². The number of hydrogen-bond acceptors (Lipinski definition) is 5. The van der Waals surface area contributed by atoms with Crippen LogP contribution >= 0.6 is 0 Å². The lowest BCUT2D eigenvalue weighted by molar-refractivity contribution is -0.142. The van der Waals surface area contributed by atoms with E-state index in [9.17, 15) is 19.5 Å². The predicted octanol–water partition coefficient (Wildman–Crippen LogP) is 2.43. The molecule has 2 amide bonds. The monoisotopic (exact) mass is 439 g/mol. The molecule has 1 aliphatic carbocycles. The Kier molecular flexibility index (Phi) is 7.48. The van der Waals surface area contributed by atoms with Crippen LogP contribution in [0.15, 0.2) is 48.5 Å². The van der Waals surface area contributed by atoms with Crippen LogP contribution < -0.4 is 10.6 Å². The summed E-state index contributed by atoms with van der Waals surface area (Å²) in [5.74, 6) is -1.78. The number of ether oxygens (including phenoxy) is 1. The molecule has 3 N–H and O–H groups in total. The van der Waals surface area contributed by atoms with Gasteiger partial charge in [-0.05, 0) is 42.8 Å². The molecule has 32 heavy (non-hydrogen) atoms. The molecule has 0 aromatic heterocycles. The zero-order valence-electron chi connectivity index (χ0n) is 18.5. The van der Waals surface area contributed by atoms with E-state index >= 15 is 0 Å². The van der Waals surface area contributed by atoms with Crippen LogP contribution in [0.4, 0.5) is 4.79 Å². The lowest BCUT2D eigenvalue weighted by atomic mass is 9.98. The molecule has 0 spiro atoms. The van der Waals surface area contributed by atoms with E-state index in [1.54, 1.807) is 25.9 Å². The number of amides is 2. The zero-order chi connectivity index (χ0) is 23.3. The van der Waals surface area contributed by atoms with Gasteiger partial charge >= 0.3 is 12.1 Å². The van der Waals surface area contributed by atoms with Crippen molar-refractivity contribution in [1.82, 2.24) is 15.5 Å². The van der Waals surface area contributed by atoms with Gasteiger partial charge in [0.2, 0.25) is 5.91 Å². The van der Waals surface area contributed by atoms with Gasteiger partial charge < -0.3 is 25.4 Å². The number of carboxylic acid groups (broad SMARTS) is 1. The number of alkyl carbamates (subject to hydrolysis) is 1. The number of aliphatic carboxylic acids is 1. The van der Waals surface area contributed by atoms with Gasteiger partial charge in [0.05, 0.1) is 0 Å². The smallest absolute Gasteiger partial charge is 0.407 e. The standard InChI is InChI=1S/C24H29N3O5/c1-4-20(23(29)30)25-22(28)21(13-27(2)3)26-24(31)32-14-19-17-11-7-5-9-15(17)16-10-6-8-12-18(16)19/h5-12,19-21H,4,13-14H2,1-3H3,(H,25,28)(H,26,31)(H,29,30)/t20-,21?/m0/s1. The molecule has 170 valence electrons. The van der Waals surface area contributed by atoms with Crippen molar-refractivity contribution in [2.24, 2.45) is 0 Å². The quantitative estimate of drug-likeness (QED) is 0.554. The van der Waals surface area contributed by atoms with Crippen molar-refractivity contribution < 1.29 is 24.2 Å². The van der Waals surface area contributed by atoms with Crippen molar-refractivity contribution in [1.29, 1.82) is 0 Å². The molecule has 3 rings (SSSR count). The van der Waals surface area contributed by atoms with Gasteiger partial charge in [-0.2, -0.15) is 0 Å². The Morgan fingerprint density at radius 3 is 2.03 bits per heavy atom. The normalized spacial score (nSPS) is 14.2. The second-order valence-electron chi connectivity index (χ2n) is 8.09. The number of benzene rings is 2. The van der Waals surface area contributed by atoms with Crippen LogP contribution in [0, 0.1) is 0 Å². The van der Waals surface area contributed by atoms with Crippen molar-refractivity contribution >= 4 is 18.0 Å². The molecule has 2 aromatic carbocycles. The fourth-order valence-corrected chi connectivity index (χ4v) is 3.95. The molecule has 2 aromatic rings. The van der Waals surface area contributed by atoms with E-state index in [1.807, 2.05) is 36.4 Å². The summed E-state index contributed by atoms with van der Waals surface area (Å²) in [6.45, 7) is 1.99. The van der Waals surface area contributed by atoms with E-state index in [2.05, 4.69) is 22.8 Å². The summed E-state index contributed by atoms with van der Waals surface area (Å²) in [6.07, 6.45) is -0.488. The molecule has 0 saturated carbocycles. The fourth-order valence-electron chi connectivity index (χ4n) is 3.95. The first kappa shape index (κ1) is 23.3. The summed E-state index contributed by atoms with van der Waals surface area (Å²) in [7, 11) is 3.52. The third kappa shape index (κ3) is 5.26. The van der Waals surface area contributed by atoms with Crippen molar-refractivity contribution in [2.75, 3.05) is 27.2 Å². The van der Waals surface area contributed by atoms with Gasteiger partial charge in [0.1, 0.15) is 18.7 Å². The van der Waals surface area contributed by atoms with E-state index in [1.165, 1.54) is 0 Å². The minimum atomic E-state index is -1.12. The maximum atomic E-state index is 12.6. The van der Waals surface area contributed by atoms with Gasteiger partial charge in [-0.3, -0.25) is 4.79 Å². The summed E-state index contributed by atoms with van der Waals surface area (Å²) in [5, 5.41) is 14.2. The van der Waals surface area contributed by atoms with E-state index in [4.69, 9.17) is 4.74 Å². The lowest BCUT2D eigenvalue weighted by Gasteiger charge is -2.23. The number of nitrogens with zero attached hydrogens (tertiary/aromatic N) is 1. The van der Waals surface area contributed by atoms with Crippen LogP contribution in [0.3, 0.4) is 0 Å². The Hall–Kier alpha value is -3.39. The van der Waals surface area contributed by atoms with E-state index in [0.29, 0.717) is 0 Å². The zero-order valence-corrected chi connectivity index (χ0v) is 18.5. The van der Waals surface area contributed by atoms with Crippen LogP contribution in [0.2, 0.25) is 0 Å². The first-order chi connectivity index (χ1) is 15.3. The molecule has 0 bridgehead atoms. The third-order valence-corrected chi connectivity index (χ3v) is 5.52. The Bertz CT molecular complexity index is 946. The van der Waals surface area contributed by atoms with Crippen LogP contribution in [0.25, 0.3) is 11.1 Å².